The minimum atomic E-state index is -3.35. The molecule has 3 heterocycles. The van der Waals surface area contributed by atoms with Gasteiger partial charge in [-0.15, -0.1) is 10.2 Å². The minimum absolute atomic E-state index is 0.0497. The van der Waals surface area contributed by atoms with Gasteiger partial charge in [-0.2, -0.15) is 4.31 Å². The van der Waals surface area contributed by atoms with Crippen molar-refractivity contribution >= 4 is 10.0 Å². The third-order valence-corrected chi connectivity index (χ3v) is 6.39. The summed E-state index contributed by atoms with van der Waals surface area (Å²) in [7, 11) is -3.35. The fraction of sp³-hybridized carbons (Fsp3) is 0.857. The number of nitrogens with zero attached hydrogens (tertiary/aromatic N) is 4. The SMILES string of the molecule is CCOCc1nnc2n1CCN(S(=O)(=O)C[C@@H]1OCC[C@@H]1C)C2. The molecule has 0 aliphatic carbocycles. The molecule has 8 nitrogen and oxygen atoms in total. The van der Waals surface area contributed by atoms with E-state index in [1.54, 1.807) is 0 Å². The van der Waals surface area contributed by atoms with E-state index < -0.39 is 10.0 Å². The van der Waals surface area contributed by atoms with E-state index in [0.29, 0.717) is 38.7 Å². The van der Waals surface area contributed by atoms with Crippen molar-refractivity contribution in [1.82, 2.24) is 19.1 Å². The summed E-state index contributed by atoms with van der Waals surface area (Å²) in [5.74, 6) is 1.77. The van der Waals surface area contributed by atoms with Crippen molar-refractivity contribution in [3.63, 3.8) is 0 Å². The molecule has 0 saturated carbocycles. The van der Waals surface area contributed by atoms with E-state index in [2.05, 4.69) is 10.2 Å². The number of hydrogen-bond acceptors (Lipinski definition) is 6. The predicted molar refractivity (Wildman–Crippen MR) is 83.1 cm³/mol. The van der Waals surface area contributed by atoms with Gasteiger partial charge >= 0.3 is 0 Å². The third kappa shape index (κ3) is 3.57. The molecular formula is C14H24N4O4S. The van der Waals surface area contributed by atoms with Crippen molar-refractivity contribution in [2.75, 3.05) is 25.5 Å². The predicted octanol–water partition coefficient (Wildman–Crippen LogP) is 0.385. The number of sulfonamides is 1. The number of rotatable bonds is 6. The van der Waals surface area contributed by atoms with Gasteiger partial charge in [-0.1, -0.05) is 6.92 Å². The standard InChI is InChI=1S/C14H24N4O4S/c1-3-21-9-14-16-15-13-8-17(5-6-18(13)14)23(19,20)10-12-11(2)4-7-22-12/h11-12H,3-10H2,1-2H3/t11-,12-/m0/s1. The molecule has 1 fully saturated rings. The molecule has 0 bridgehead atoms. The maximum absolute atomic E-state index is 12.6. The summed E-state index contributed by atoms with van der Waals surface area (Å²) in [6.07, 6.45) is 0.725. The Kier molecular flexibility index (Phi) is 5.00. The molecule has 9 heteroatoms. The van der Waals surface area contributed by atoms with Crippen molar-refractivity contribution in [3.05, 3.63) is 11.6 Å². The topological polar surface area (TPSA) is 86.6 Å². The normalized spacial score (nSPS) is 25.7. The van der Waals surface area contributed by atoms with Gasteiger partial charge in [-0.05, 0) is 19.3 Å². The zero-order chi connectivity index (χ0) is 16.4. The zero-order valence-electron chi connectivity index (χ0n) is 13.6. The van der Waals surface area contributed by atoms with Crippen molar-refractivity contribution in [2.24, 2.45) is 5.92 Å². The van der Waals surface area contributed by atoms with Gasteiger partial charge in [0.25, 0.3) is 0 Å². The number of ether oxygens (including phenoxy) is 2. The van der Waals surface area contributed by atoms with E-state index in [1.165, 1.54) is 4.31 Å². The largest absolute Gasteiger partial charge is 0.377 e. The number of aromatic nitrogens is 3. The van der Waals surface area contributed by atoms with Crippen LogP contribution in [-0.4, -0.2) is 59.1 Å². The maximum Gasteiger partial charge on any atom is 0.217 e. The Balaban J connectivity index is 1.67. The van der Waals surface area contributed by atoms with Crippen LogP contribution >= 0.6 is 0 Å². The van der Waals surface area contributed by atoms with E-state index in [0.717, 1.165) is 12.2 Å². The van der Waals surface area contributed by atoms with Crippen LogP contribution in [0.3, 0.4) is 0 Å². The fourth-order valence-corrected chi connectivity index (χ4v) is 4.74. The molecule has 0 amide bonds. The zero-order valence-corrected chi connectivity index (χ0v) is 14.5. The second kappa shape index (κ2) is 6.84. The summed E-state index contributed by atoms with van der Waals surface area (Å²) in [6, 6.07) is 0. The lowest BCUT2D eigenvalue weighted by Crippen LogP contribution is -2.42. The van der Waals surface area contributed by atoms with E-state index in [4.69, 9.17) is 9.47 Å². The lowest BCUT2D eigenvalue weighted by molar-refractivity contribution is 0.110. The molecule has 0 N–H and O–H groups in total. The quantitative estimate of drug-likeness (QED) is 0.742. The van der Waals surface area contributed by atoms with Crippen LogP contribution in [0.1, 0.15) is 31.9 Å². The molecular weight excluding hydrogens is 320 g/mol. The maximum atomic E-state index is 12.6. The molecule has 2 aliphatic rings. The van der Waals surface area contributed by atoms with Gasteiger partial charge < -0.3 is 14.0 Å². The van der Waals surface area contributed by atoms with Crippen molar-refractivity contribution in [2.45, 2.75) is 46.1 Å². The van der Waals surface area contributed by atoms with Crippen LogP contribution in [-0.2, 0) is 39.2 Å². The van der Waals surface area contributed by atoms with Crippen LogP contribution in [0.5, 0.6) is 0 Å². The van der Waals surface area contributed by atoms with Crippen LogP contribution in [0.25, 0.3) is 0 Å². The summed E-state index contributed by atoms with van der Waals surface area (Å²) >= 11 is 0. The molecule has 1 aromatic rings. The number of hydrogen-bond donors (Lipinski definition) is 0. The van der Waals surface area contributed by atoms with Gasteiger partial charge in [0, 0.05) is 26.3 Å². The summed E-state index contributed by atoms with van der Waals surface area (Å²) < 4.78 is 39.7. The lowest BCUT2D eigenvalue weighted by atomic mass is 10.1. The summed E-state index contributed by atoms with van der Waals surface area (Å²) in [5.41, 5.74) is 0. The molecule has 2 atom stereocenters. The molecule has 0 aromatic carbocycles. The summed E-state index contributed by atoms with van der Waals surface area (Å²) in [5, 5.41) is 8.22. The van der Waals surface area contributed by atoms with E-state index in [1.807, 2.05) is 18.4 Å². The Bertz CT molecular complexity index is 645. The van der Waals surface area contributed by atoms with Crippen molar-refractivity contribution in [1.29, 1.82) is 0 Å². The first-order chi connectivity index (χ1) is 11.0. The van der Waals surface area contributed by atoms with E-state index in [9.17, 15) is 8.42 Å². The average Bonchev–Trinajstić information content (AvgIpc) is 3.11. The fourth-order valence-electron chi connectivity index (χ4n) is 3.01. The van der Waals surface area contributed by atoms with Crippen LogP contribution in [0.4, 0.5) is 0 Å². The van der Waals surface area contributed by atoms with Gasteiger partial charge in [0.15, 0.2) is 5.82 Å². The monoisotopic (exact) mass is 344 g/mol. The first-order valence-corrected chi connectivity index (χ1v) is 9.70. The van der Waals surface area contributed by atoms with Gasteiger partial charge in [0.2, 0.25) is 10.0 Å². The molecule has 0 spiro atoms. The van der Waals surface area contributed by atoms with Gasteiger partial charge in [0.05, 0.1) is 18.4 Å². The second-order valence-corrected chi connectivity index (χ2v) is 8.12. The molecule has 0 radical (unpaired) electrons. The number of fused-ring (bicyclic) bond motifs is 1. The van der Waals surface area contributed by atoms with E-state index >= 15 is 0 Å². The molecule has 1 aromatic heterocycles. The smallest absolute Gasteiger partial charge is 0.217 e. The van der Waals surface area contributed by atoms with Gasteiger partial charge in [0.1, 0.15) is 12.4 Å². The molecule has 0 unspecified atom stereocenters. The third-order valence-electron chi connectivity index (χ3n) is 4.54. The van der Waals surface area contributed by atoms with Crippen molar-refractivity contribution in [3.8, 4) is 0 Å². The Labute approximate surface area is 136 Å². The molecule has 130 valence electrons. The van der Waals surface area contributed by atoms with Crippen LogP contribution in [0.15, 0.2) is 0 Å². The average molecular weight is 344 g/mol. The molecule has 23 heavy (non-hydrogen) atoms. The van der Waals surface area contributed by atoms with Crippen LogP contribution < -0.4 is 0 Å². The van der Waals surface area contributed by atoms with Crippen LogP contribution in [0.2, 0.25) is 0 Å². The Hall–Kier alpha value is -1.03. The highest BCUT2D eigenvalue weighted by Gasteiger charge is 2.35. The Morgan fingerprint density at radius 2 is 2.17 bits per heavy atom. The molecule has 3 rings (SSSR count). The van der Waals surface area contributed by atoms with Gasteiger partial charge in [-0.25, -0.2) is 8.42 Å². The highest BCUT2D eigenvalue weighted by Crippen LogP contribution is 2.24. The molecule has 2 aliphatic heterocycles. The first-order valence-electron chi connectivity index (χ1n) is 8.09. The lowest BCUT2D eigenvalue weighted by Gasteiger charge is -2.28. The summed E-state index contributed by atoms with van der Waals surface area (Å²) in [6.45, 7) is 6.90. The Morgan fingerprint density at radius 1 is 1.35 bits per heavy atom. The first kappa shape index (κ1) is 16.8. The Morgan fingerprint density at radius 3 is 2.87 bits per heavy atom. The van der Waals surface area contributed by atoms with Gasteiger partial charge in [-0.3, -0.25) is 0 Å². The second-order valence-electron chi connectivity index (χ2n) is 6.11. The summed E-state index contributed by atoms with van der Waals surface area (Å²) in [4.78, 5) is 0. The highest BCUT2D eigenvalue weighted by molar-refractivity contribution is 7.89. The van der Waals surface area contributed by atoms with Crippen molar-refractivity contribution < 1.29 is 17.9 Å². The highest BCUT2D eigenvalue weighted by atomic mass is 32.2. The minimum Gasteiger partial charge on any atom is -0.377 e. The van der Waals surface area contributed by atoms with E-state index in [-0.39, 0.29) is 24.3 Å². The molecule has 1 saturated heterocycles. The van der Waals surface area contributed by atoms with Crippen LogP contribution in [0, 0.1) is 5.92 Å².